The van der Waals surface area contributed by atoms with Crippen molar-refractivity contribution in [3.05, 3.63) is 60.8 Å². The normalized spacial score (nSPS) is 12.7. The first-order valence-corrected chi connectivity index (χ1v) is 13.0. The van der Waals surface area contributed by atoms with Crippen LogP contribution in [0.3, 0.4) is 0 Å². The van der Waals surface area contributed by atoms with E-state index in [4.69, 9.17) is 18.7 Å². The van der Waals surface area contributed by atoms with Crippen molar-refractivity contribution in [3.63, 3.8) is 0 Å². The molecule has 2 heterocycles. The van der Waals surface area contributed by atoms with Crippen LogP contribution in [0, 0.1) is 0 Å². The van der Waals surface area contributed by atoms with Crippen molar-refractivity contribution in [3.8, 4) is 22.8 Å². The predicted octanol–water partition coefficient (Wildman–Crippen LogP) is 5.89. The number of hydrogen-bond donors (Lipinski definition) is 1. The molecule has 0 radical (unpaired) electrons. The molecule has 2 aromatic carbocycles. The molecule has 0 amide bonds. The summed E-state index contributed by atoms with van der Waals surface area (Å²) in [5.41, 5.74) is 9.43. The topological polar surface area (TPSA) is 95.7 Å². The Balaban J connectivity index is 0.000000956. The summed E-state index contributed by atoms with van der Waals surface area (Å²) in [4.78, 5) is 14.4. The highest BCUT2D eigenvalue weighted by Crippen LogP contribution is 2.47. The Morgan fingerprint density at radius 3 is 2.34 bits per heavy atom. The Hall–Kier alpha value is -3.78. The van der Waals surface area contributed by atoms with Gasteiger partial charge in [0.2, 0.25) is 0 Å². The van der Waals surface area contributed by atoms with Crippen LogP contribution in [0.1, 0.15) is 45.0 Å². The van der Waals surface area contributed by atoms with Gasteiger partial charge in [0.25, 0.3) is 0 Å². The standard InChI is InChI=1S/C28H33N3O3.CH5N.CH2O/c1-19(2)34-22-10-8-20(9-11-22)27-28(30(3)4)24-13-12-23(32-16-14-26-29-15-17-33-26)18-25(24)31(27)21-6-5-7-21;2*1-2/h8-13,15,17-19,21H,5-7,14,16H2,1-4H3;2H2,1H3;1H2. The van der Waals surface area contributed by atoms with Gasteiger partial charge in [-0.25, -0.2) is 4.98 Å². The average molecular weight is 521 g/mol. The molecule has 2 aromatic heterocycles. The van der Waals surface area contributed by atoms with Gasteiger partial charge in [-0.2, -0.15) is 0 Å². The number of oxazole rings is 1. The summed E-state index contributed by atoms with van der Waals surface area (Å²) in [6, 6.07) is 15.5. The molecule has 8 heteroatoms. The molecule has 8 nitrogen and oxygen atoms in total. The molecule has 204 valence electrons. The molecular weight excluding hydrogens is 480 g/mol. The molecule has 0 saturated heterocycles. The second kappa shape index (κ2) is 13.7. The average Bonchev–Trinajstić information content (AvgIpc) is 3.52. The maximum atomic E-state index is 8.00. The Kier molecular flexibility index (Phi) is 10.4. The van der Waals surface area contributed by atoms with Crippen LogP contribution >= 0.6 is 0 Å². The Bertz CT molecular complexity index is 1260. The first-order chi connectivity index (χ1) is 18.5. The van der Waals surface area contributed by atoms with Crippen LogP contribution in [0.15, 0.2) is 59.3 Å². The lowest BCUT2D eigenvalue weighted by atomic mass is 9.92. The maximum absolute atomic E-state index is 8.00. The molecule has 0 aliphatic heterocycles. The van der Waals surface area contributed by atoms with Gasteiger partial charge in [-0.15, -0.1) is 0 Å². The summed E-state index contributed by atoms with van der Waals surface area (Å²) < 4.78 is 19.8. The lowest BCUT2D eigenvalue weighted by Crippen LogP contribution is -2.18. The van der Waals surface area contributed by atoms with E-state index in [-0.39, 0.29) is 6.10 Å². The van der Waals surface area contributed by atoms with E-state index in [9.17, 15) is 0 Å². The molecule has 1 aliphatic rings. The number of aromatic nitrogens is 2. The highest BCUT2D eigenvalue weighted by atomic mass is 16.5. The number of carbonyl (C=O) groups is 1. The van der Waals surface area contributed by atoms with Crippen LogP contribution in [0.25, 0.3) is 22.2 Å². The van der Waals surface area contributed by atoms with Crippen molar-refractivity contribution in [2.45, 2.75) is 51.7 Å². The minimum absolute atomic E-state index is 0.159. The SMILES string of the molecule is C=O.CC(C)Oc1ccc(-c2c(N(C)C)c3ccc(OCCc4ncco4)cc3n2C2CCC2)cc1.CN. The van der Waals surface area contributed by atoms with Crippen molar-refractivity contribution in [2.75, 3.05) is 32.6 Å². The maximum Gasteiger partial charge on any atom is 0.197 e. The number of fused-ring (bicyclic) bond motifs is 1. The van der Waals surface area contributed by atoms with Crippen LogP contribution in [0.2, 0.25) is 0 Å². The van der Waals surface area contributed by atoms with Gasteiger partial charge >= 0.3 is 0 Å². The smallest absolute Gasteiger partial charge is 0.197 e. The summed E-state index contributed by atoms with van der Waals surface area (Å²) >= 11 is 0. The molecule has 0 spiro atoms. The first kappa shape index (κ1) is 28.8. The number of anilines is 1. The fourth-order valence-electron chi connectivity index (χ4n) is 4.71. The molecule has 0 unspecified atom stereocenters. The Morgan fingerprint density at radius 1 is 1.11 bits per heavy atom. The Morgan fingerprint density at radius 2 is 1.79 bits per heavy atom. The van der Waals surface area contributed by atoms with Crippen LogP contribution in [0.5, 0.6) is 11.5 Å². The minimum Gasteiger partial charge on any atom is -0.493 e. The molecule has 0 atom stereocenters. The van der Waals surface area contributed by atoms with Crippen molar-refractivity contribution < 1.29 is 18.7 Å². The lowest BCUT2D eigenvalue weighted by Gasteiger charge is -2.31. The fourth-order valence-corrected chi connectivity index (χ4v) is 4.71. The highest BCUT2D eigenvalue weighted by Gasteiger charge is 2.28. The molecule has 1 saturated carbocycles. The van der Waals surface area contributed by atoms with E-state index in [0.29, 0.717) is 25.0 Å². The first-order valence-electron chi connectivity index (χ1n) is 13.0. The number of ether oxygens (including phenoxy) is 2. The number of rotatable bonds is 9. The van der Waals surface area contributed by atoms with Gasteiger partial charge in [0.1, 0.15) is 24.6 Å². The third kappa shape index (κ3) is 6.37. The van der Waals surface area contributed by atoms with E-state index in [1.165, 1.54) is 54.2 Å². The van der Waals surface area contributed by atoms with Crippen LogP contribution in [-0.2, 0) is 11.2 Å². The summed E-state index contributed by atoms with van der Waals surface area (Å²) in [5, 5.41) is 1.24. The second-order valence-corrected chi connectivity index (χ2v) is 9.44. The molecule has 4 aromatic rings. The fraction of sp³-hybridized carbons (Fsp3) is 0.400. The molecule has 2 N–H and O–H groups in total. The van der Waals surface area contributed by atoms with E-state index in [1.807, 2.05) is 6.79 Å². The van der Waals surface area contributed by atoms with E-state index < -0.39 is 0 Å². The van der Waals surface area contributed by atoms with Gasteiger partial charge in [0.15, 0.2) is 5.89 Å². The van der Waals surface area contributed by atoms with Gasteiger partial charge < -0.3 is 33.9 Å². The lowest BCUT2D eigenvalue weighted by molar-refractivity contribution is -0.0980. The van der Waals surface area contributed by atoms with E-state index in [0.717, 1.165) is 11.5 Å². The van der Waals surface area contributed by atoms with Crippen molar-refractivity contribution in [2.24, 2.45) is 5.73 Å². The number of benzene rings is 2. The summed E-state index contributed by atoms with van der Waals surface area (Å²) in [6.45, 7) is 6.63. The number of hydrogen-bond acceptors (Lipinski definition) is 7. The molecule has 1 fully saturated rings. The zero-order valence-electron chi connectivity index (χ0n) is 23.1. The van der Waals surface area contributed by atoms with Crippen LogP contribution in [0.4, 0.5) is 5.69 Å². The van der Waals surface area contributed by atoms with E-state index in [2.05, 4.69) is 90.6 Å². The monoisotopic (exact) mass is 520 g/mol. The van der Waals surface area contributed by atoms with Crippen molar-refractivity contribution in [1.29, 1.82) is 0 Å². The summed E-state index contributed by atoms with van der Waals surface area (Å²) in [7, 11) is 5.75. The zero-order valence-corrected chi connectivity index (χ0v) is 23.1. The summed E-state index contributed by atoms with van der Waals surface area (Å²) in [6.07, 6.45) is 7.74. The second-order valence-electron chi connectivity index (χ2n) is 9.44. The number of nitrogens with zero attached hydrogens (tertiary/aromatic N) is 3. The van der Waals surface area contributed by atoms with Crippen molar-refractivity contribution in [1.82, 2.24) is 9.55 Å². The molecular formula is C30H40N4O4. The number of nitrogens with two attached hydrogens (primary N) is 1. The van der Waals surface area contributed by atoms with Gasteiger partial charge in [0, 0.05) is 37.2 Å². The molecule has 5 rings (SSSR count). The van der Waals surface area contributed by atoms with Gasteiger partial charge in [0.05, 0.1) is 42.2 Å². The van der Waals surface area contributed by atoms with E-state index in [1.54, 1.807) is 12.5 Å². The van der Waals surface area contributed by atoms with Gasteiger partial charge in [-0.05, 0) is 76.6 Å². The molecule has 0 bridgehead atoms. The third-order valence-electron chi connectivity index (χ3n) is 6.40. The Labute approximate surface area is 225 Å². The molecule has 38 heavy (non-hydrogen) atoms. The molecule has 1 aliphatic carbocycles. The summed E-state index contributed by atoms with van der Waals surface area (Å²) in [5.74, 6) is 2.47. The third-order valence-corrected chi connectivity index (χ3v) is 6.40. The van der Waals surface area contributed by atoms with Crippen molar-refractivity contribution >= 4 is 23.4 Å². The zero-order chi connectivity index (χ0) is 27.7. The minimum atomic E-state index is 0.159. The van der Waals surface area contributed by atoms with Gasteiger partial charge in [-0.1, -0.05) is 0 Å². The van der Waals surface area contributed by atoms with Crippen LogP contribution in [-0.4, -0.2) is 50.2 Å². The van der Waals surface area contributed by atoms with E-state index >= 15 is 0 Å². The number of carbonyl (C=O) groups excluding carboxylic acids is 1. The largest absolute Gasteiger partial charge is 0.493 e. The quantitative estimate of drug-likeness (QED) is 0.294. The van der Waals surface area contributed by atoms with Gasteiger partial charge in [-0.3, -0.25) is 0 Å². The predicted molar refractivity (Wildman–Crippen MR) is 153 cm³/mol. The highest BCUT2D eigenvalue weighted by molar-refractivity contribution is 6.03. The van der Waals surface area contributed by atoms with Crippen LogP contribution < -0.4 is 20.1 Å².